The van der Waals surface area contributed by atoms with Crippen LogP contribution in [0, 0.1) is 0 Å². The lowest BCUT2D eigenvalue weighted by molar-refractivity contribution is 0.155. The second-order valence-corrected chi connectivity index (χ2v) is 3.98. The molecule has 0 aliphatic rings. The highest BCUT2D eigenvalue weighted by Gasteiger charge is 2.39. The lowest BCUT2D eigenvalue weighted by Gasteiger charge is -2.07. The highest BCUT2D eigenvalue weighted by atomic mass is 31.2. The molecule has 0 radical (unpaired) electrons. The van der Waals surface area contributed by atoms with E-state index >= 15 is 0 Å². The van der Waals surface area contributed by atoms with Crippen LogP contribution in [0.1, 0.15) is 0 Å². The number of hydrogen-bond donors (Lipinski definition) is 2. The molecule has 0 bridgehead atoms. The zero-order chi connectivity index (χ0) is 9.03. The van der Waals surface area contributed by atoms with E-state index in [4.69, 9.17) is 0 Å². The first kappa shape index (κ1) is 9.55. The monoisotopic (exact) mass is 191 g/mol. The Morgan fingerprint density at radius 2 is 1.83 bits per heavy atom. The minimum atomic E-state index is -3.67. The zero-order valence-electron chi connectivity index (χ0n) is 6.22. The van der Waals surface area contributed by atoms with E-state index in [0.717, 1.165) is 0 Å². The lowest BCUT2D eigenvalue weighted by Crippen LogP contribution is -2.11. The number of alkyl halides is 1. The Morgan fingerprint density at radius 1 is 1.25 bits per heavy atom. The first-order valence-corrected chi connectivity index (χ1v) is 4.89. The van der Waals surface area contributed by atoms with Crippen LogP contribution in [0.4, 0.5) is 4.39 Å². The van der Waals surface area contributed by atoms with Crippen molar-refractivity contribution in [1.82, 2.24) is 0 Å². The summed E-state index contributed by atoms with van der Waals surface area (Å²) in [6.07, 6.45) is 0. The fourth-order valence-electron chi connectivity index (χ4n) is 0.765. The van der Waals surface area contributed by atoms with Crippen LogP contribution < -0.4 is 5.30 Å². The summed E-state index contributed by atoms with van der Waals surface area (Å²) < 4.78 is 15.8. The number of benzene rings is 1. The summed E-state index contributed by atoms with van der Waals surface area (Å²) in [4.78, 5) is 18.4. The second-order valence-electron chi connectivity index (χ2n) is 2.12. The fraction of sp³-hybridized carbons (Fsp3) is 0.143. The maximum Gasteiger partial charge on any atom is 0.446 e. The second kappa shape index (κ2) is 3.92. The average Bonchev–Trinajstić information content (AvgIpc) is 2.06. The molecular weight excluding hydrogens is 182 g/mol. The van der Waals surface area contributed by atoms with Crippen molar-refractivity contribution in [1.29, 1.82) is 0 Å². The molecule has 0 aliphatic heterocycles. The van der Waals surface area contributed by atoms with Crippen LogP contribution in [0.15, 0.2) is 30.3 Å². The minimum absolute atomic E-state index is 0.211. The maximum atomic E-state index is 11.7. The maximum absolute atomic E-state index is 11.7. The molecule has 0 saturated carbocycles. The summed E-state index contributed by atoms with van der Waals surface area (Å²) in [7, 11) is -3.67. The van der Waals surface area contributed by atoms with Gasteiger partial charge in [-0.2, -0.15) is 9.79 Å². The van der Waals surface area contributed by atoms with E-state index in [1.54, 1.807) is 18.2 Å². The van der Waals surface area contributed by atoms with Gasteiger partial charge in [-0.1, -0.05) is 18.2 Å². The average molecular weight is 191 g/mol. The summed E-state index contributed by atoms with van der Waals surface area (Å²) in [6, 6.07) is 7.92. The van der Waals surface area contributed by atoms with Crippen LogP contribution in [0.5, 0.6) is 0 Å². The first-order chi connectivity index (χ1) is 5.67. The molecule has 66 valence electrons. The molecule has 1 rings (SSSR count). The molecule has 0 atom stereocenters. The first-order valence-electron chi connectivity index (χ1n) is 3.27. The van der Waals surface area contributed by atoms with E-state index in [1.165, 1.54) is 12.1 Å². The van der Waals surface area contributed by atoms with E-state index < -0.39 is 14.8 Å². The van der Waals surface area contributed by atoms with Gasteiger partial charge in [0.05, 0.1) is 0 Å². The van der Waals surface area contributed by atoms with Crippen molar-refractivity contribution in [3.8, 4) is 0 Å². The quantitative estimate of drug-likeness (QED) is 0.701. The molecule has 0 aromatic heterocycles. The Labute approximate surface area is 70.0 Å². The Hall–Kier alpha value is -0.540. The highest BCUT2D eigenvalue weighted by Crippen LogP contribution is 2.49. The third-order valence-electron chi connectivity index (χ3n) is 1.32. The molecule has 0 fully saturated rings. The molecule has 1 aromatic rings. The van der Waals surface area contributed by atoms with Gasteiger partial charge in [0.1, 0.15) is 0 Å². The molecular formula is C7H9FO3P+. The van der Waals surface area contributed by atoms with Crippen molar-refractivity contribution in [2.24, 2.45) is 0 Å². The van der Waals surface area contributed by atoms with E-state index in [-0.39, 0.29) is 5.30 Å². The van der Waals surface area contributed by atoms with Gasteiger partial charge in [-0.25, -0.2) is 4.39 Å². The van der Waals surface area contributed by atoms with Gasteiger partial charge in [0.25, 0.3) is 0 Å². The molecule has 0 saturated heterocycles. The molecule has 0 amide bonds. The molecule has 0 spiro atoms. The summed E-state index contributed by atoms with van der Waals surface area (Å²) in [5, 5.41) is 0.211. The van der Waals surface area contributed by atoms with Gasteiger partial charge in [0.15, 0.2) is 5.30 Å². The third-order valence-corrected chi connectivity index (χ3v) is 2.75. The summed E-state index contributed by atoms with van der Waals surface area (Å²) >= 11 is 0. The van der Waals surface area contributed by atoms with Crippen LogP contribution in [-0.2, 0) is 4.52 Å². The molecule has 0 heterocycles. The Morgan fingerprint density at radius 3 is 2.33 bits per heavy atom. The fourth-order valence-corrected chi connectivity index (χ4v) is 1.61. The lowest BCUT2D eigenvalue weighted by atomic mass is 10.4. The minimum Gasteiger partial charge on any atom is -0.215 e. The van der Waals surface area contributed by atoms with Gasteiger partial charge >= 0.3 is 7.94 Å². The normalized spacial score (nSPS) is 11.6. The van der Waals surface area contributed by atoms with Crippen LogP contribution in [0.3, 0.4) is 0 Å². The largest absolute Gasteiger partial charge is 0.446 e. The van der Waals surface area contributed by atoms with Gasteiger partial charge in [-0.3, -0.25) is 0 Å². The van der Waals surface area contributed by atoms with Crippen molar-refractivity contribution in [3.63, 3.8) is 0 Å². The Balaban J connectivity index is 2.82. The van der Waals surface area contributed by atoms with Crippen LogP contribution in [0.25, 0.3) is 0 Å². The van der Waals surface area contributed by atoms with E-state index in [2.05, 4.69) is 4.52 Å². The van der Waals surface area contributed by atoms with Gasteiger partial charge < -0.3 is 0 Å². The van der Waals surface area contributed by atoms with Crippen molar-refractivity contribution >= 4 is 13.2 Å². The molecule has 0 unspecified atom stereocenters. The molecule has 3 nitrogen and oxygen atoms in total. The smallest absolute Gasteiger partial charge is 0.215 e. The number of rotatable bonds is 3. The van der Waals surface area contributed by atoms with E-state index in [1.807, 2.05) is 0 Å². The van der Waals surface area contributed by atoms with Crippen molar-refractivity contribution in [3.05, 3.63) is 30.3 Å². The van der Waals surface area contributed by atoms with Gasteiger partial charge in [0.2, 0.25) is 6.86 Å². The zero-order valence-corrected chi connectivity index (χ0v) is 7.12. The molecule has 1 aromatic carbocycles. The van der Waals surface area contributed by atoms with Crippen molar-refractivity contribution < 1.29 is 18.7 Å². The SMILES string of the molecule is O[P+](O)(OCF)c1ccccc1. The van der Waals surface area contributed by atoms with E-state index in [9.17, 15) is 14.2 Å². The van der Waals surface area contributed by atoms with Crippen molar-refractivity contribution in [2.45, 2.75) is 0 Å². The predicted molar refractivity (Wildman–Crippen MR) is 44.5 cm³/mol. The summed E-state index contributed by atoms with van der Waals surface area (Å²) in [5.74, 6) is 0. The predicted octanol–water partition coefficient (Wildman–Crippen LogP) is 1.00. The summed E-state index contributed by atoms with van der Waals surface area (Å²) in [5.41, 5.74) is 0. The van der Waals surface area contributed by atoms with E-state index in [0.29, 0.717) is 0 Å². The van der Waals surface area contributed by atoms with Crippen LogP contribution in [-0.4, -0.2) is 16.6 Å². The van der Waals surface area contributed by atoms with Gasteiger partial charge in [0, 0.05) is 0 Å². The number of hydrogen-bond acceptors (Lipinski definition) is 3. The molecule has 12 heavy (non-hydrogen) atoms. The highest BCUT2D eigenvalue weighted by molar-refractivity contribution is 7.67. The number of halogens is 1. The Kier molecular flexibility index (Phi) is 3.12. The third kappa shape index (κ3) is 2.22. The van der Waals surface area contributed by atoms with Crippen LogP contribution in [0.2, 0.25) is 0 Å². The topological polar surface area (TPSA) is 49.7 Å². The molecule has 0 aliphatic carbocycles. The molecule has 5 heteroatoms. The Bertz CT molecular complexity index is 240. The van der Waals surface area contributed by atoms with Gasteiger partial charge in [-0.05, 0) is 12.1 Å². The standard InChI is InChI=1S/C7H9FO3P/c8-6-11-12(9,10)7-4-2-1-3-5-7/h1-5,9-10H,6H2/q+1. The summed E-state index contributed by atoms with van der Waals surface area (Å²) in [6.45, 7) is -1.20. The van der Waals surface area contributed by atoms with Crippen LogP contribution >= 0.6 is 7.94 Å². The van der Waals surface area contributed by atoms with Crippen molar-refractivity contribution in [2.75, 3.05) is 6.86 Å². The molecule has 2 N–H and O–H groups in total. The van der Waals surface area contributed by atoms with Gasteiger partial charge in [-0.15, -0.1) is 4.52 Å².